The molecule has 5 nitrogen and oxygen atoms in total. The quantitative estimate of drug-likeness (QED) is 0.370. The maximum atomic E-state index is 13.9. The van der Waals surface area contributed by atoms with Crippen molar-refractivity contribution >= 4 is 28.5 Å². The fraction of sp³-hybridized carbons (Fsp3) is 0.462. The molecule has 0 atom stereocenters. The maximum absolute atomic E-state index is 13.9. The minimum absolute atomic E-state index is 0.101. The van der Waals surface area contributed by atoms with Crippen molar-refractivity contribution in [3.8, 4) is 5.75 Å². The largest absolute Gasteiger partial charge is 0.495 e. The van der Waals surface area contributed by atoms with Gasteiger partial charge in [0.15, 0.2) is 0 Å². The summed E-state index contributed by atoms with van der Waals surface area (Å²) < 4.78 is 21.4. The number of nitrogens with zero attached hydrogens (tertiary/aromatic N) is 3. The Morgan fingerprint density at radius 2 is 2.00 bits per heavy atom. The van der Waals surface area contributed by atoms with Crippen molar-refractivity contribution in [2.24, 2.45) is 5.92 Å². The van der Waals surface area contributed by atoms with E-state index in [0.29, 0.717) is 46.9 Å². The minimum Gasteiger partial charge on any atom is -0.495 e. The molecule has 0 N–H and O–H groups in total. The molecule has 0 bridgehead atoms. The number of hydrogen-bond donors (Lipinski definition) is 0. The van der Waals surface area contributed by atoms with Crippen LogP contribution in [0.2, 0.25) is 5.02 Å². The topological polar surface area (TPSA) is 47.4 Å². The number of carbonyl (C=O) groups is 1. The molecule has 1 heterocycles. The van der Waals surface area contributed by atoms with Gasteiger partial charge in [0.25, 0.3) is 5.91 Å². The Morgan fingerprint density at radius 3 is 2.67 bits per heavy atom. The van der Waals surface area contributed by atoms with Crippen LogP contribution in [-0.4, -0.2) is 34.0 Å². The van der Waals surface area contributed by atoms with Crippen LogP contribution in [0.1, 0.15) is 68.2 Å². The van der Waals surface area contributed by atoms with Gasteiger partial charge in [-0.2, -0.15) is 0 Å². The molecule has 7 heteroatoms. The zero-order chi connectivity index (χ0) is 23.5. The Kier molecular flexibility index (Phi) is 7.23. The van der Waals surface area contributed by atoms with E-state index in [4.69, 9.17) is 21.3 Å². The Bertz CT molecular complexity index is 1140. The maximum Gasteiger partial charge on any atom is 0.254 e. The molecule has 33 heavy (non-hydrogen) atoms. The number of halogens is 2. The number of amides is 1. The number of rotatable bonds is 8. The van der Waals surface area contributed by atoms with E-state index in [1.807, 2.05) is 11.0 Å². The Morgan fingerprint density at radius 1 is 1.24 bits per heavy atom. The second kappa shape index (κ2) is 10.1. The second-order valence-corrected chi connectivity index (χ2v) is 9.64. The van der Waals surface area contributed by atoms with Crippen LogP contribution < -0.4 is 4.74 Å². The van der Waals surface area contributed by atoms with E-state index in [0.717, 1.165) is 30.6 Å². The predicted octanol–water partition coefficient (Wildman–Crippen LogP) is 6.64. The van der Waals surface area contributed by atoms with Crippen molar-refractivity contribution < 1.29 is 13.9 Å². The van der Waals surface area contributed by atoms with Crippen LogP contribution in [0.25, 0.3) is 11.0 Å². The molecule has 4 rings (SSSR count). The van der Waals surface area contributed by atoms with Gasteiger partial charge in [0.05, 0.1) is 29.7 Å². The van der Waals surface area contributed by atoms with Gasteiger partial charge in [-0.3, -0.25) is 4.79 Å². The van der Waals surface area contributed by atoms with Gasteiger partial charge < -0.3 is 14.2 Å². The highest BCUT2D eigenvalue weighted by atomic mass is 35.5. The summed E-state index contributed by atoms with van der Waals surface area (Å²) in [5, 5.41) is 0.404. The van der Waals surface area contributed by atoms with Gasteiger partial charge in [-0.1, -0.05) is 38.3 Å². The van der Waals surface area contributed by atoms with Crippen LogP contribution in [-0.2, 0) is 6.54 Å². The van der Waals surface area contributed by atoms with Crippen LogP contribution in [0, 0.1) is 11.7 Å². The number of methoxy groups -OCH3 is 1. The monoisotopic (exact) mass is 471 g/mol. The van der Waals surface area contributed by atoms with Gasteiger partial charge in [0.1, 0.15) is 17.4 Å². The first-order chi connectivity index (χ1) is 15.9. The summed E-state index contributed by atoms with van der Waals surface area (Å²) in [6, 6.07) is 10.2. The zero-order valence-electron chi connectivity index (χ0n) is 19.5. The van der Waals surface area contributed by atoms with Crippen molar-refractivity contribution in [2.75, 3.05) is 13.7 Å². The summed E-state index contributed by atoms with van der Waals surface area (Å²) in [7, 11) is 1.55. The third-order valence-electron chi connectivity index (χ3n) is 6.41. The first-order valence-electron chi connectivity index (χ1n) is 11.7. The number of hydrogen-bond acceptors (Lipinski definition) is 3. The average molecular weight is 472 g/mol. The molecule has 1 aliphatic rings. The van der Waals surface area contributed by atoms with Gasteiger partial charge >= 0.3 is 0 Å². The summed E-state index contributed by atoms with van der Waals surface area (Å²) in [4.78, 5) is 20.2. The van der Waals surface area contributed by atoms with E-state index < -0.39 is 0 Å². The molecule has 176 valence electrons. The van der Waals surface area contributed by atoms with Gasteiger partial charge in [-0.15, -0.1) is 0 Å². The molecule has 1 saturated carbocycles. The second-order valence-electron chi connectivity index (χ2n) is 9.23. The Hall–Kier alpha value is -2.60. The third kappa shape index (κ3) is 5.16. The van der Waals surface area contributed by atoms with Crippen LogP contribution in [0.3, 0.4) is 0 Å². The summed E-state index contributed by atoms with van der Waals surface area (Å²) in [6.07, 6.45) is 5.36. The molecule has 3 aromatic rings. The van der Waals surface area contributed by atoms with Gasteiger partial charge in [-0.25, -0.2) is 9.37 Å². The summed E-state index contributed by atoms with van der Waals surface area (Å²) in [5.74, 6) is 1.39. The molecule has 1 aromatic heterocycles. The molecule has 1 amide bonds. The minimum atomic E-state index is -0.300. The van der Waals surface area contributed by atoms with Crippen molar-refractivity contribution in [3.05, 3.63) is 58.6 Å². The summed E-state index contributed by atoms with van der Waals surface area (Å²) in [6.45, 7) is 5.25. The summed E-state index contributed by atoms with van der Waals surface area (Å²) >= 11 is 6.30. The number of imidazole rings is 1. The number of benzene rings is 2. The van der Waals surface area contributed by atoms with Crippen LogP contribution in [0.5, 0.6) is 5.75 Å². The van der Waals surface area contributed by atoms with Crippen molar-refractivity contribution in [2.45, 2.75) is 58.5 Å². The number of ether oxygens (including phenoxy) is 1. The number of fused-ring (bicyclic) bond motifs is 1. The SMILES string of the molecule is COc1ccc(C(=O)N(CCC(C)C)Cc2nc3cc(F)ccc3n2C2CCCC2)cc1Cl. The predicted molar refractivity (Wildman–Crippen MR) is 129 cm³/mol. The van der Waals surface area contributed by atoms with E-state index >= 15 is 0 Å². The molecular formula is C26H31ClFN3O2. The highest BCUT2D eigenvalue weighted by Crippen LogP contribution is 2.34. The number of aromatic nitrogens is 2. The third-order valence-corrected chi connectivity index (χ3v) is 6.70. The van der Waals surface area contributed by atoms with Crippen molar-refractivity contribution in [1.29, 1.82) is 0 Å². The van der Waals surface area contributed by atoms with E-state index in [2.05, 4.69) is 18.4 Å². The normalized spacial score (nSPS) is 14.4. The lowest BCUT2D eigenvalue weighted by atomic mass is 10.1. The van der Waals surface area contributed by atoms with E-state index in [1.54, 1.807) is 25.3 Å². The van der Waals surface area contributed by atoms with E-state index in [1.165, 1.54) is 25.0 Å². The molecule has 0 spiro atoms. The zero-order valence-corrected chi connectivity index (χ0v) is 20.2. The van der Waals surface area contributed by atoms with Gasteiger partial charge in [0, 0.05) is 24.2 Å². The van der Waals surface area contributed by atoms with Crippen LogP contribution in [0.15, 0.2) is 36.4 Å². The Labute approximate surface area is 199 Å². The lowest BCUT2D eigenvalue weighted by Crippen LogP contribution is -2.33. The summed E-state index contributed by atoms with van der Waals surface area (Å²) in [5.41, 5.74) is 2.09. The molecular weight excluding hydrogens is 441 g/mol. The van der Waals surface area contributed by atoms with Gasteiger partial charge in [-0.05, 0) is 55.5 Å². The fourth-order valence-electron chi connectivity index (χ4n) is 4.62. The molecule has 0 aliphatic heterocycles. The standard InChI is InChI=1S/C26H31ClFN3O2/c1-17(2)12-13-30(26(32)18-8-11-24(33-3)21(27)14-18)16-25-29-22-15-19(28)9-10-23(22)31(25)20-6-4-5-7-20/h8-11,14-15,17,20H,4-7,12-13,16H2,1-3H3. The lowest BCUT2D eigenvalue weighted by Gasteiger charge is -2.25. The Balaban J connectivity index is 1.71. The van der Waals surface area contributed by atoms with E-state index in [9.17, 15) is 9.18 Å². The average Bonchev–Trinajstić information content (AvgIpc) is 3.42. The molecule has 0 saturated heterocycles. The molecule has 1 aliphatic carbocycles. The first kappa shape index (κ1) is 23.6. The first-order valence-corrected chi connectivity index (χ1v) is 12.0. The van der Waals surface area contributed by atoms with E-state index in [-0.39, 0.29) is 11.7 Å². The molecule has 0 radical (unpaired) electrons. The van der Waals surface area contributed by atoms with Crippen molar-refractivity contribution in [1.82, 2.24) is 14.5 Å². The van der Waals surface area contributed by atoms with Crippen LogP contribution >= 0.6 is 11.6 Å². The van der Waals surface area contributed by atoms with Gasteiger partial charge in [0.2, 0.25) is 0 Å². The molecule has 1 fully saturated rings. The molecule has 0 unspecified atom stereocenters. The van der Waals surface area contributed by atoms with Crippen LogP contribution in [0.4, 0.5) is 4.39 Å². The molecule has 2 aromatic carbocycles. The number of carbonyl (C=O) groups excluding carboxylic acids is 1. The smallest absolute Gasteiger partial charge is 0.254 e. The van der Waals surface area contributed by atoms with Crippen molar-refractivity contribution in [3.63, 3.8) is 0 Å². The highest BCUT2D eigenvalue weighted by molar-refractivity contribution is 6.32. The lowest BCUT2D eigenvalue weighted by molar-refractivity contribution is 0.0728. The highest BCUT2D eigenvalue weighted by Gasteiger charge is 2.26. The fourth-order valence-corrected chi connectivity index (χ4v) is 4.88.